The largest absolute Gasteiger partial charge is 0.504 e. The van der Waals surface area contributed by atoms with Crippen molar-refractivity contribution in [3.05, 3.63) is 84.5 Å². The van der Waals surface area contributed by atoms with Crippen LogP contribution < -0.4 is 9.80 Å². The van der Waals surface area contributed by atoms with Gasteiger partial charge in [-0.05, 0) is 30.2 Å². The van der Waals surface area contributed by atoms with Crippen molar-refractivity contribution in [3.63, 3.8) is 0 Å². The third-order valence-electron chi connectivity index (χ3n) is 5.57. The van der Waals surface area contributed by atoms with Gasteiger partial charge in [-0.3, -0.25) is 0 Å². The predicted molar refractivity (Wildman–Crippen MR) is 104 cm³/mol. The van der Waals surface area contributed by atoms with Crippen LogP contribution in [0.1, 0.15) is 25.0 Å². The van der Waals surface area contributed by atoms with E-state index < -0.39 is 0 Å². The fourth-order valence-electron chi connectivity index (χ4n) is 4.22. The summed E-state index contributed by atoms with van der Waals surface area (Å²) < 4.78 is 0. The fraction of sp³-hybridized carbons (Fsp3) is 0.174. The van der Waals surface area contributed by atoms with E-state index >= 15 is 0 Å². The van der Waals surface area contributed by atoms with E-state index in [-0.39, 0.29) is 25.5 Å². The van der Waals surface area contributed by atoms with E-state index in [0.717, 1.165) is 5.69 Å². The maximum atomic E-state index is 3.52. The predicted octanol–water partition coefficient (Wildman–Crippen LogP) is 5.50. The normalized spacial score (nSPS) is 16.0. The molecule has 0 amide bonds. The van der Waals surface area contributed by atoms with Crippen LogP contribution in [0.3, 0.4) is 0 Å². The quantitative estimate of drug-likeness (QED) is 0.394. The van der Waals surface area contributed by atoms with Crippen LogP contribution in [0, 0.1) is 12.7 Å². The minimum Gasteiger partial charge on any atom is -0.504 e. The third-order valence-corrected chi connectivity index (χ3v) is 5.57. The zero-order chi connectivity index (χ0) is 17.2. The molecular weight excluding hydrogens is 496 g/mol. The molecule has 0 spiro atoms. The average Bonchev–Trinajstić information content (AvgIpc) is 3.09. The molecule has 1 heterocycles. The van der Waals surface area contributed by atoms with Crippen LogP contribution in [-0.2, 0) is 25.5 Å². The molecule has 1 radical (unpaired) electrons. The molecule has 133 valence electrons. The van der Waals surface area contributed by atoms with Crippen molar-refractivity contribution in [2.75, 3.05) is 16.8 Å². The maximum Gasteiger partial charge on any atom is 0.0326 e. The minimum atomic E-state index is 0. The van der Waals surface area contributed by atoms with Gasteiger partial charge < -0.3 is 9.80 Å². The molecule has 0 unspecified atom stereocenters. The standard InChI is InChI=1S/C23H20N2.Ir/c1-23(2)19-9-5-4-8-17(19)18-13-12-16(14-20(18)23)25-15-24(3)21-10-6-7-11-22(21)25;/h4-11,13-15H,1-3H3;/q-2;. The van der Waals surface area contributed by atoms with E-state index in [1.807, 2.05) is 0 Å². The summed E-state index contributed by atoms with van der Waals surface area (Å²) in [6.45, 7) is 6.77. The monoisotopic (exact) mass is 517 g/mol. The van der Waals surface area contributed by atoms with Gasteiger partial charge in [-0.15, -0.1) is 22.9 Å². The number of fused-ring (bicyclic) bond motifs is 4. The van der Waals surface area contributed by atoms with Gasteiger partial charge in [-0.1, -0.05) is 55.8 Å². The number of rotatable bonds is 1. The molecule has 5 rings (SSSR count). The Morgan fingerprint density at radius 1 is 0.885 bits per heavy atom. The summed E-state index contributed by atoms with van der Waals surface area (Å²) in [4.78, 5) is 4.39. The van der Waals surface area contributed by atoms with E-state index in [1.54, 1.807) is 0 Å². The third kappa shape index (κ3) is 2.27. The number of hydrogen-bond acceptors (Lipinski definition) is 2. The van der Waals surface area contributed by atoms with Gasteiger partial charge in [0, 0.05) is 31.5 Å². The Morgan fingerprint density at radius 3 is 2.38 bits per heavy atom. The van der Waals surface area contributed by atoms with Gasteiger partial charge in [-0.25, -0.2) is 0 Å². The Kier molecular flexibility index (Phi) is 3.98. The molecule has 0 saturated heterocycles. The van der Waals surface area contributed by atoms with E-state index in [1.165, 1.54) is 33.6 Å². The Labute approximate surface area is 168 Å². The molecule has 0 aromatic heterocycles. The van der Waals surface area contributed by atoms with Gasteiger partial charge in [0.2, 0.25) is 0 Å². The molecule has 3 aromatic carbocycles. The van der Waals surface area contributed by atoms with Gasteiger partial charge >= 0.3 is 0 Å². The van der Waals surface area contributed by atoms with Crippen LogP contribution in [0.4, 0.5) is 17.1 Å². The Morgan fingerprint density at radius 2 is 1.58 bits per heavy atom. The zero-order valence-electron chi connectivity index (χ0n) is 15.1. The molecule has 2 aliphatic rings. The molecule has 0 saturated carbocycles. The Balaban J connectivity index is 0.00000168. The van der Waals surface area contributed by atoms with Crippen LogP contribution in [0.25, 0.3) is 11.1 Å². The van der Waals surface area contributed by atoms with Crippen LogP contribution in [-0.4, -0.2) is 7.05 Å². The summed E-state index contributed by atoms with van der Waals surface area (Å²) in [5.74, 6) is 0. The van der Waals surface area contributed by atoms with Crippen molar-refractivity contribution in [2.45, 2.75) is 19.3 Å². The topological polar surface area (TPSA) is 6.48 Å². The van der Waals surface area contributed by atoms with Gasteiger partial charge in [0.05, 0.1) is 0 Å². The summed E-state index contributed by atoms with van der Waals surface area (Å²) in [5.41, 5.74) is 8.96. The molecule has 0 N–H and O–H groups in total. The fourth-order valence-corrected chi connectivity index (χ4v) is 4.22. The van der Waals surface area contributed by atoms with Gasteiger partial charge in [-0.2, -0.15) is 18.8 Å². The summed E-state index contributed by atoms with van der Waals surface area (Å²) in [6, 6.07) is 25.2. The van der Waals surface area contributed by atoms with Crippen LogP contribution in [0.2, 0.25) is 0 Å². The van der Waals surface area contributed by atoms with E-state index in [4.69, 9.17) is 0 Å². The van der Waals surface area contributed by atoms with Crippen molar-refractivity contribution in [3.8, 4) is 11.1 Å². The SMILES string of the molecule is CN1[CH-]N(c2[c-]cc3c(c2)C(C)(C)c2ccccc2-3)c2ccccc21.[Ir]. The van der Waals surface area contributed by atoms with Crippen molar-refractivity contribution < 1.29 is 20.1 Å². The number of anilines is 3. The summed E-state index contributed by atoms with van der Waals surface area (Å²) in [5, 5.41) is 0. The van der Waals surface area contributed by atoms with Crippen molar-refractivity contribution >= 4 is 17.1 Å². The number of benzene rings is 3. The Hall–Kier alpha value is -2.09. The average molecular weight is 517 g/mol. The molecule has 0 atom stereocenters. The van der Waals surface area contributed by atoms with Gasteiger partial charge in [0.1, 0.15) is 0 Å². The molecule has 2 nitrogen and oxygen atoms in total. The maximum absolute atomic E-state index is 3.52. The second-order valence-corrected chi connectivity index (χ2v) is 7.40. The first-order chi connectivity index (χ1) is 12.1. The smallest absolute Gasteiger partial charge is 0.0326 e. The minimum absolute atomic E-state index is 0. The first-order valence-corrected chi connectivity index (χ1v) is 8.69. The zero-order valence-corrected chi connectivity index (χ0v) is 17.5. The summed E-state index contributed by atoms with van der Waals surface area (Å²) in [6.07, 6.45) is 0. The summed E-state index contributed by atoms with van der Waals surface area (Å²) >= 11 is 0. The van der Waals surface area contributed by atoms with Crippen molar-refractivity contribution in [2.24, 2.45) is 0 Å². The van der Waals surface area contributed by atoms with Gasteiger partial charge in [0.25, 0.3) is 0 Å². The van der Waals surface area contributed by atoms with Crippen molar-refractivity contribution in [1.82, 2.24) is 0 Å². The Bertz CT molecular complexity index is 993. The number of para-hydroxylation sites is 2. The first-order valence-electron chi connectivity index (χ1n) is 8.69. The second-order valence-electron chi connectivity index (χ2n) is 7.40. The van der Waals surface area contributed by atoms with E-state index in [9.17, 15) is 0 Å². The molecule has 1 aliphatic heterocycles. The van der Waals surface area contributed by atoms with Crippen LogP contribution in [0.5, 0.6) is 0 Å². The summed E-state index contributed by atoms with van der Waals surface area (Å²) in [7, 11) is 2.09. The van der Waals surface area contributed by atoms with E-state index in [2.05, 4.69) is 104 Å². The number of nitrogens with zero attached hydrogens (tertiary/aromatic N) is 2. The molecule has 1 aliphatic carbocycles. The first kappa shape index (κ1) is 17.3. The molecule has 0 fully saturated rings. The van der Waals surface area contributed by atoms with Crippen LogP contribution in [0.15, 0.2) is 60.7 Å². The van der Waals surface area contributed by atoms with Crippen LogP contribution >= 0.6 is 0 Å². The molecule has 26 heavy (non-hydrogen) atoms. The van der Waals surface area contributed by atoms with E-state index in [0.29, 0.717) is 0 Å². The second kappa shape index (κ2) is 5.97. The number of hydrogen-bond donors (Lipinski definition) is 0. The molecule has 3 heteroatoms. The molecule has 3 aromatic rings. The molecular formula is C23H20IrN2-2. The van der Waals surface area contributed by atoms with Crippen molar-refractivity contribution in [1.29, 1.82) is 0 Å². The molecule has 0 bridgehead atoms. The van der Waals surface area contributed by atoms with Gasteiger partial charge in [0.15, 0.2) is 0 Å².